The standard InChI is InChI=1S/C14H17O.Hf/c15-11-5-10-14(12-6-1-2-7-12)13-8-3-4-9-13;/h1-4,6,8,14H,5,7,9-11H2;/q-1;+1. The molecule has 83 valence electrons. The first-order valence-corrected chi connectivity index (χ1v) is 7.38. The summed E-state index contributed by atoms with van der Waals surface area (Å²) in [5, 5.41) is 0. The van der Waals surface area contributed by atoms with Crippen LogP contribution in [0.3, 0.4) is 0 Å². The molecule has 2 rings (SSSR count). The van der Waals surface area contributed by atoms with E-state index in [1.54, 1.807) is 11.1 Å². The average Bonchev–Trinajstić information content (AvgIpc) is 2.97. The molecule has 0 aliphatic heterocycles. The molecule has 0 atom stereocenters. The van der Waals surface area contributed by atoms with Crippen LogP contribution in [0.1, 0.15) is 25.7 Å². The van der Waals surface area contributed by atoms with Gasteiger partial charge in [0.2, 0.25) is 0 Å². The first-order valence-electron chi connectivity index (χ1n) is 5.91. The molecule has 0 amide bonds. The van der Waals surface area contributed by atoms with Crippen LogP contribution < -0.4 is 0 Å². The van der Waals surface area contributed by atoms with Crippen molar-refractivity contribution < 1.29 is 27.7 Å². The molecular weight excluding hydrogens is 363 g/mol. The van der Waals surface area contributed by atoms with Crippen LogP contribution in [0.5, 0.6) is 0 Å². The third-order valence-electron chi connectivity index (χ3n) is 3.23. The molecule has 0 heterocycles. The van der Waals surface area contributed by atoms with Gasteiger partial charge in [0.05, 0.1) is 0 Å². The molecule has 0 unspecified atom stereocenters. The van der Waals surface area contributed by atoms with E-state index in [-0.39, 0.29) is 0 Å². The van der Waals surface area contributed by atoms with E-state index in [9.17, 15) is 0 Å². The van der Waals surface area contributed by atoms with E-state index in [2.05, 4.69) is 36.5 Å². The van der Waals surface area contributed by atoms with Gasteiger partial charge < -0.3 is 0 Å². The Morgan fingerprint density at radius 3 is 2.19 bits per heavy atom. The van der Waals surface area contributed by atoms with E-state index in [4.69, 9.17) is 2.85 Å². The van der Waals surface area contributed by atoms with Gasteiger partial charge in [0, 0.05) is 0 Å². The van der Waals surface area contributed by atoms with E-state index in [0.29, 0.717) is 5.92 Å². The number of rotatable bonds is 6. The van der Waals surface area contributed by atoms with Gasteiger partial charge in [-0.25, -0.2) is 0 Å². The van der Waals surface area contributed by atoms with E-state index in [1.165, 1.54) is 12.8 Å². The second kappa shape index (κ2) is 6.51. The van der Waals surface area contributed by atoms with Crippen molar-refractivity contribution in [3.05, 3.63) is 47.6 Å². The van der Waals surface area contributed by atoms with Crippen LogP contribution >= 0.6 is 0 Å². The van der Waals surface area contributed by atoms with Crippen molar-refractivity contribution in [3.63, 3.8) is 0 Å². The van der Waals surface area contributed by atoms with Gasteiger partial charge in [-0.15, -0.1) is 0 Å². The Balaban J connectivity index is 1.96. The molecule has 2 heteroatoms. The number of hydrogen-bond acceptors (Lipinski definition) is 1. The molecule has 1 nitrogen and oxygen atoms in total. The fourth-order valence-electron chi connectivity index (χ4n) is 2.41. The molecule has 0 radical (unpaired) electrons. The third kappa shape index (κ3) is 3.14. The quantitative estimate of drug-likeness (QED) is 0.506. The summed E-state index contributed by atoms with van der Waals surface area (Å²) in [6.07, 6.45) is 18.2. The first-order chi connectivity index (χ1) is 7.92. The van der Waals surface area contributed by atoms with Crippen molar-refractivity contribution >= 4 is 0 Å². The molecular formula is C14H17HfO. The van der Waals surface area contributed by atoms with Gasteiger partial charge in [0.25, 0.3) is 0 Å². The van der Waals surface area contributed by atoms with Gasteiger partial charge in [0.1, 0.15) is 0 Å². The van der Waals surface area contributed by atoms with Crippen LogP contribution in [0.25, 0.3) is 0 Å². The molecule has 0 bridgehead atoms. The molecule has 2 aliphatic carbocycles. The van der Waals surface area contributed by atoms with Crippen LogP contribution in [0.4, 0.5) is 0 Å². The zero-order valence-corrected chi connectivity index (χ0v) is 13.1. The Labute approximate surface area is 113 Å². The predicted octanol–water partition coefficient (Wildman–Crippen LogP) is 3.63. The van der Waals surface area contributed by atoms with Gasteiger partial charge in [0.15, 0.2) is 0 Å². The Morgan fingerprint density at radius 2 is 1.75 bits per heavy atom. The topological polar surface area (TPSA) is 9.23 Å². The summed E-state index contributed by atoms with van der Waals surface area (Å²) in [6, 6.07) is 0. The molecule has 0 spiro atoms. The van der Waals surface area contributed by atoms with E-state index < -0.39 is 0 Å². The van der Waals surface area contributed by atoms with Gasteiger partial charge in [-0.05, 0) is 0 Å². The van der Waals surface area contributed by atoms with Gasteiger partial charge in [-0.3, -0.25) is 0 Å². The molecule has 0 N–H and O–H groups in total. The van der Waals surface area contributed by atoms with Crippen molar-refractivity contribution in [2.45, 2.75) is 25.7 Å². The summed E-state index contributed by atoms with van der Waals surface area (Å²) in [7, 11) is 0. The zero-order valence-electron chi connectivity index (χ0n) is 9.49. The number of hydrogen-bond donors (Lipinski definition) is 0. The predicted molar refractivity (Wildman–Crippen MR) is 62.4 cm³/mol. The minimum absolute atomic E-state index is 0.654. The maximum atomic E-state index is 5.29. The summed E-state index contributed by atoms with van der Waals surface area (Å²) >= 11 is 0.866. The van der Waals surface area contributed by atoms with Crippen LogP contribution in [0.15, 0.2) is 47.6 Å². The summed E-state index contributed by atoms with van der Waals surface area (Å²) in [5.41, 5.74) is 3.17. The zero-order chi connectivity index (χ0) is 11.2. The molecule has 2 aliphatic rings. The Bertz CT molecular complexity index is 320. The SMILES string of the molecule is [Hf][O]CCCC(C1=CC=CC1)C1=CC=CC1. The van der Waals surface area contributed by atoms with Crippen molar-refractivity contribution in [3.8, 4) is 0 Å². The third-order valence-corrected chi connectivity index (χ3v) is 3.97. The normalized spacial score (nSPS) is 18.2. The molecule has 0 saturated heterocycles. The van der Waals surface area contributed by atoms with Crippen LogP contribution in [0, 0.1) is 5.92 Å². The van der Waals surface area contributed by atoms with Gasteiger partial charge >= 0.3 is 113 Å². The first kappa shape index (κ1) is 12.3. The average molecular weight is 380 g/mol. The summed E-state index contributed by atoms with van der Waals surface area (Å²) in [4.78, 5) is 0. The Kier molecular flexibility index (Phi) is 4.98. The molecule has 0 aromatic rings. The molecule has 0 aromatic carbocycles. The van der Waals surface area contributed by atoms with E-state index in [0.717, 1.165) is 44.3 Å². The van der Waals surface area contributed by atoms with E-state index in [1.807, 2.05) is 0 Å². The van der Waals surface area contributed by atoms with Crippen LogP contribution in [-0.4, -0.2) is 6.61 Å². The fraction of sp³-hybridized carbons (Fsp3) is 0.429. The maximum absolute atomic E-state index is 5.29. The van der Waals surface area contributed by atoms with Crippen molar-refractivity contribution in [1.82, 2.24) is 0 Å². The molecule has 0 fully saturated rings. The monoisotopic (exact) mass is 381 g/mol. The van der Waals surface area contributed by atoms with Crippen molar-refractivity contribution in [2.24, 2.45) is 5.92 Å². The molecule has 16 heavy (non-hydrogen) atoms. The molecule has 0 aromatic heterocycles. The van der Waals surface area contributed by atoms with Gasteiger partial charge in [-0.2, -0.15) is 0 Å². The summed E-state index contributed by atoms with van der Waals surface area (Å²) < 4.78 is 5.29. The van der Waals surface area contributed by atoms with Crippen molar-refractivity contribution in [1.29, 1.82) is 0 Å². The minimum atomic E-state index is 0.654. The second-order valence-electron chi connectivity index (χ2n) is 4.29. The second-order valence-corrected chi connectivity index (χ2v) is 5.33. The summed E-state index contributed by atoms with van der Waals surface area (Å²) in [6.45, 7) is 0.935. The summed E-state index contributed by atoms with van der Waals surface area (Å²) in [5.74, 6) is 0.654. The van der Waals surface area contributed by atoms with Crippen LogP contribution in [-0.2, 0) is 27.7 Å². The van der Waals surface area contributed by atoms with E-state index >= 15 is 0 Å². The van der Waals surface area contributed by atoms with Crippen LogP contribution in [0.2, 0.25) is 0 Å². The fourth-order valence-corrected chi connectivity index (χ4v) is 2.93. The molecule has 0 saturated carbocycles. The Morgan fingerprint density at radius 1 is 1.12 bits per heavy atom. The Hall–Kier alpha value is -0.210. The number of allylic oxidation sites excluding steroid dienone is 8. The van der Waals surface area contributed by atoms with Gasteiger partial charge in [-0.1, -0.05) is 0 Å². The van der Waals surface area contributed by atoms with Crippen molar-refractivity contribution in [2.75, 3.05) is 6.61 Å².